The van der Waals surface area contributed by atoms with E-state index in [4.69, 9.17) is 11.6 Å². The molecular formula is C16H19ClN4O2. The number of piperazine rings is 1. The first-order valence-electron chi connectivity index (χ1n) is 7.49. The van der Waals surface area contributed by atoms with Crippen molar-refractivity contribution in [2.75, 3.05) is 33.7 Å². The zero-order chi connectivity index (χ0) is 16.6. The second-order valence-corrected chi connectivity index (χ2v) is 6.21. The van der Waals surface area contributed by atoms with Gasteiger partial charge in [-0.1, -0.05) is 11.6 Å². The Bertz CT molecular complexity index is 758. The molecule has 1 unspecified atom stereocenters. The minimum absolute atomic E-state index is 0.0755. The fourth-order valence-electron chi connectivity index (χ4n) is 2.90. The molecule has 122 valence electrons. The number of nitrogens with one attached hydrogen (secondary N) is 2. The van der Waals surface area contributed by atoms with Crippen LogP contribution in [0.5, 0.6) is 0 Å². The van der Waals surface area contributed by atoms with Gasteiger partial charge in [-0.3, -0.25) is 14.5 Å². The van der Waals surface area contributed by atoms with Crippen molar-refractivity contribution < 1.29 is 9.59 Å². The number of benzene rings is 1. The third-order valence-corrected chi connectivity index (χ3v) is 4.53. The highest BCUT2D eigenvalue weighted by molar-refractivity contribution is 6.31. The normalized spacial score (nSPS) is 19.1. The Morgan fingerprint density at radius 3 is 2.83 bits per heavy atom. The van der Waals surface area contributed by atoms with Gasteiger partial charge in [-0.2, -0.15) is 0 Å². The molecule has 1 fully saturated rings. The predicted molar refractivity (Wildman–Crippen MR) is 89.7 cm³/mol. The van der Waals surface area contributed by atoms with Crippen molar-refractivity contribution in [1.82, 2.24) is 20.1 Å². The van der Waals surface area contributed by atoms with Crippen molar-refractivity contribution in [1.29, 1.82) is 0 Å². The number of aromatic nitrogens is 1. The predicted octanol–water partition coefficient (Wildman–Crippen LogP) is 1.32. The first-order valence-corrected chi connectivity index (χ1v) is 7.87. The number of likely N-dealkylation sites (N-methyl/N-ethyl adjacent to an activating group) is 2. The summed E-state index contributed by atoms with van der Waals surface area (Å²) in [6, 6.07) is 6.94. The van der Waals surface area contributed by atoms with Crippen molar-refractivity contribution in [2.45, 2.75) is 6.04 Å². The molecule has 6 nitrogen and oxygen atoms in total. The largest absolute Gasteiger partial charge is 0.358 e. The fourth-order valence-corrected chi connectivity index (χ4v) is 3.08. The van der Waals surface area contributed by atoms with E-state index in [0.29, 0.717) is 30.4 Å². The quantitative estimate of drug-likeness (QED) is 0.870. The molecule has 1 aromatic carbocycles. The van der Waals surface area contributed by atoms with E-state index in [2.05, 4.69) is 10.3 Å². The van der Waals surface area contributed by atoms with E-state index in [1.165, 1.54) is 0 Å². The van der Waals surface area contributed by atoms with Crippen LogP contribution in [0.4, 0.5) is 0 Å². The molecule has 3 rings (SSSR count). The minimum atomic E-state index is -0.323. The lowest BCUT2D eigenvalue weighted by atomic mass is 10.1. The lowest BCUT2D eigenvalue weighted by Crippen LogP contribution is -2.58. The number of aromatic amines is 1. The maximum absolute atomic E-state index is 12.7. The summed E-state index contributed by atoms with van der Waals surface area (Å²) >= 11 is 5.98. The zero-order valence-electron chi connectivity index (χ0n) is 13.1. The molecule has 2 N–H and O–H groups in total. The van der Waals surface area contributed by atoms with Crippen LogP contribution in [0, 0.1) is 0 Å². The van der Waals surface area contributed by atoms with Crippen molar-refractivity contribution >= 4 is 34.3 Å². The van der Waals surface area contributed by atoms with Crippen LogP contribution in [-0.2, 0) is 4.79 Å². The van der Waals surface area contributed by atoms with Crippen LogP contribution in [0.3, 0.4) is 0 Å². The maximum atomic E-state index is 12.7. The summed E-state index contributed by atoms with van der Waals surface area (Å²) in [4.78, 5) is 31.5. The van der Waals surface area contributed by atoms with Gasteiger partial charge in [0.1, 0.15) is 11.7 Å². The molecule has 0 bridgehead atoms. The first-order chi connectivity index (χ1) is 11.0. The molecule has 0 radical (unpaired) electrons. The fraction of sp³-hybridized carbons (Fsp3) is 0.375. The van der Waals surface area contributed by atoms with E-state index < -0.39 is 0 Å². The Morgan fingerprint density at radius 2 is 2.09 bits per heavy atom. The lowest BCUT2D eigenvalue weighted by molar-refractivity contribution is -0.127. The Balaban J connectivity index is 1.82. The molecule has 2 heterocycles. The van der Waals surface area contributed by atoms with Crippen molar-refractivity contribution in [2.24, 2.45) is 0 Å². The Morgan fingerprint density at radius 1 is 1.30 bits per heavy atom. The Kier molecular flexibility index (Phi) is 4.28. The molecule has 1 aromatic heterocycles. The van der Waals surface area contributed by atoms with Crippen LogP contribution < -0.4 is 5.32 Å². The number of halogens is 1. The van der Waals surface area contributed by atoms with Gasteiger partial charge >= 0.3 is 0 Å². The van der Waals surface area contributed by atoms with Gasteiger partial charge < -0.3 is 15.2 Å². The number of nitrogens with zero attached hydrogens (tertiary/aromatic N) is 2. The molecule has 0 saturated carbocycles. The summed E-state index contributed by atoms with van der Waals surface area (Å²) < 4.78 is 0. The molecule has 0 aliphatic carbocycles. The SMILES string of the molecule is CNC(=O)C1CN(C(=O)c2cc3cc(Cl)ccc3[nH]2)CCN1C. The molecule has 7 heteroatoms. The molecule has 1 atom stereocenters. The average molecular weight is 335 g/mol. The second kappa shape index (κ2) is 6.22. The summed E-state index contributed by atoms with van der Waals surface area (Å²) in [5.41, 5.74) is 1.39. The van der Waals surface area contributed by atoms with Crippen molar-refractivity contribution in [3.63, 3.8) is 0 Å². The highest BCUT2D eigenvalue weighted by Gasteiger charge is 2.32. The third-order valence-electron chi connectivity index (χ3n) is 4.30. The smallest absolute Gasteiger partial charge is 0.270 e. The van der Waals surface area contributed by atoms with Gasteiger partial charge in [0.05, 0.1) is 0 Å². The summed E-state index contributed by atoms with van der Waals surface area (Å²) in [5.74, 6) is -0.173. The molecule has 1 aliphatic rings. The molecular weight excluding hydrogens is 316 g/mol. The highest BCUT2D eigenvalue weighted by atomic mass is 35.5. The number of rotatable bonds is 2. The molecule has 2 aromatic rings. The zero-order valence-corrected chi connectivity index (χ0v) is 13.9. The third kappa shape index (κ3) is 3.04. The van der Waals surface area contributed by atoms with Crippen LogP contribution in [0.25, 0.3) is 10.9 Å². The molecule has 0 spiro atoms. The number of carbonyl (C=O) groups is 2. The van der Waals surface area contributed by atoms with Gasteiger partial charge in [-0.15, -0.1) is 0 Å². The first kappa shape index (κ1) is 15.8. The van der Waals surface area contributed by atoms with Crippen LogP contribution in [0.1, 0.15) is 10.5 Å². The van der Waals surface area contributed by atoms with Gasteiger partial charge in [0, 0.05) is 42.6 Å². The standard InChI is InChI=1S/C16H19ClN4O2/c1-18-15(22)14-9-21(6-5-20(14)2)16(23)13-8-10-7-11(17)3-4-12(10)19-13/h3-4,7-8,14,19H,5-6,9H2,1-2H3,(H,18,22). The van der Waals surface area contributed by atoms with E-state index in [0.717, 1.165) is 10.9 Å². The number of H-pyrrole nitrogens is 1. The Labute approximate surface area is 139 Å². The number of amides is 2. The number of hydrogen-bond donors (Lipinski definition) is 2. The van der Waals surface area contributed by atoms with E-state index in [1.54, 1.807) is 24.1 Å². The summed E-state index contributed by atoms with van der Waals surface area (Å²) in [5, 5.41) is 4.19. The number of carbonyl (C=O) groups excluding carboxylic acids is 2. The van der Waals surface area contributed by atoms with Crippen molar-refractivity contribution in [3.8, 4) is 0 Å². The lowest BCUT2D eigenvalue weighted by Gasteiger charge is -2.38. The number of fused-ring (bicyclic) bond motifs is 1. The molecule has 23 heavy (non-hydrogen) atoms. The number of hydrogen-bond acceptors (Lipinski definition) is 3. The van der Waals surface area contributed by atoms with Crippen LogP contribution in [0.2, 0.25) is 5.02 Å². The summed E-state index contributed by atoms with van der Waals surface area (Å²) in [6.07, 6.45) is 0. The van der Waals surface area contributed by atoms with E-state index in [-0.39, 0.29) is 17.9 Å². The highest BCUT2D eigenvalue weighted by Crippen LogP contribution is 2.21. The van der Waals surface area contributed by atoms with Crippen LogP contribution in [-0.4, -0.2) is 66.4 Å². The van der Waals surface area contributed by atoms with Gasteiger partial charge in [0.15, 0.2) is 0 Å². The van der Waals surface area contributed by atoms with Gasteiger partial charge in [-0.25, -0.2) is 0 Å². The van der Waals surface area contributed by atoms with E-state index in [1.807, 2.05) is 24.1 Å². The van der Waals surface area contributed by atoms with Gasteiger partial charge in [0.2, 0.25) is 5.91 Å². The molecule has 1 aliphatic heterocycles. The van der Waals surface area contributed by atoms with Crippen LogP contribution >= 0.6 is 11.6 Å². The average Bonchev–Trinajstić information content (AvgIpc) is 2.97. The second-order valence-electron chi connectivity index (χ2n) is 5.78. The monoisotopic (exact) mass is 334 g/mol. The maximum Gasteiger partial charge on any atom is 0.270 e. The van der Waals surface area contributed by atoms with E-state index >= 15 is 0 Å². The summed E-state index contributed by atoms with van der Waals surface area (Å²) in [6.45, 7) is 1.64. The molecule has 2 amide bonds. The van der Waals surface area contributed by atoms with Crippen molar-refractivity contribution in [3.05, 3.63) is 35.0 Å². The van der Waals surface area contributed by atoms with E-state index in [9.17, 15) is 9.59 Å². The minimum Gasteiger partial charge on any atom is -0.358 e. The molecule has 1 saturated heterocycles. The summed E-state index contributed by atoms with van der Waals surface area (Å²) in [7, 11) is 3.50. The van der Waals surface area contributed by atoms with Crippen LogP contribution in [0.15, 0.2) is 24.3 Å². The van der Waals surface area contributed by atoms with Gasteiger partial charge in [0.25, 0.3) is 5.91 Å². The van der Waals surface area contributed by atoms with Gasteiger partial charge in [-0.05, 0) is 31.3 Å². The Hall–Kier alpha value is -2.05. The topological polar surface area (TPSA) is 68.4 Å².